The van der Waals surface area contributed by atoms with E-state index < -0.39 is 5.91 Å². The van der Waals surface area contributed by atoms with Crippen molar-refractivity contribution in [1.82, 2.24) is 9.13 Å². The number of ether oxygens (including phenoxy) is 1. The van der Waals surface area contributed by atoms with Gasteiger partial charge in [-0.15, -0.1) is 11.3 Å². The van der Waals surface area contributed by atoms with Gasteiger partial charge >= 0.3 is 0 Å². The third-order valence-electron chi connectivity index (χ3n) is 4.63. The quantitative estimate of drug-likeness (QED) is 0.614. The average molecular weight is 370 g/mol. The molecule has 0 aliphatic carbocycles. The molecular weight excluding hydrogens is 348 g/mol. The van der Waals surface area contributed by atoms with E-state index in [2.05, 4.69) is 9.56 Å². The monoisotopic (exact) mass is 370 g/mol. The number of rotatable bonds is 4. The van der Waals surface area contributed by atoms with Gasteiger partial charge in [0.05, 0.1) is 6.10 Å². The second kappa shape index (κ2) is 7.85. The fourth-order valence-corrected chi connectivity index (χ4v) is 3.85. The predicted octanol–water partition coefficient (Wildman–Crippen LogP) is 2.72. The van der Waals surface area contributed by atoms with Gasteiger partial charge in [0.25, 0.3) is 5.91 Å². The first-order valence-electron chi connectivity index (χ1n) is 8.59. The van der Waals surface area contributed by atoms with Crippen LogP contribution in [0.1, 0.15) is 29.8 Å². The lowest BCUT2D eigenvalue weighted by molar-refractivity contribution is -0.114. The van der Waals surface area contributed by atoms with E-state index in [0.717, 1.165) is 42.9 Å². The molecule has 1 unspecified atom stereocenters. The van der Waals surface area contributed by atoms with Crippen LogP contribution >= 0.6 is 11.3 Å². The molecule has 3 rings (SSSR count). The molecule has 0 radical (unpaired) electrons. The maximum absolute atomic E-state index is 12.4. The number of aromatic nitrogens is 2. The Morgan fingerprint density at radius 1 is 1.54 bits per heavy atom. The van der Waals surface area contributed by atoms with E-state index in [1.54, 1.807) is 10.6 Å². The second-order valence-electron chi connectivity index (χ2n) is 6.46. The Labute approximate surface area is 156 Å². The first-order chi connectivity index (χ1) is 12.5. The number of hydrogen-bond donors (Lipinski definition) is 0. The van der Waals surface area contributed by atoms with E-state index in [1.807, 2.05) is 44.6 Å². The van der Waals surface area contributed by atoms with Crippen LogP contribution in [0.4, 0.5) is 0 Å². The Hall–Kier alpha value is -2.43. The van der Waals surface area contributed by atoms with Crippen molar-refractivity contribution < 1.29 is 9.53 Å². The molecule has 0 spiro atoms. The largest absolute Gasteiger partial charge is 0.376 e. The van der Waals surface area contributed by atoms with Crippen molar-refractivity contribution in [1.29, 1.82) is 5.26 Å². The standard InChI is InChI=1S/C19H22N4O2S/c1-13-9-15(14(2)23(13)12-17-5-4-7-25-17)10-16(11-20)18(24)21-19-22(3)6-8-26-19/h6,8-10,17H,4-5,7,12H2,1-3H3. The van der Waals surface area contributed by atoms with Crippen LogP contribution in [0.25, 0.3) is 6.08 Å². The normalized spacial score (nSPS) is 18.3. The minimum absolute atomic E-state index is 0.0377. The summed E-state index contributed by atoms with van der Waals surface area (Å²) in [5.41, 5.74) is 3.03. The van der Waals surface area contributed by atoms with E-state index >= 15 is 0 Å². The summed E-state index contributed by atoms with van der Waals surface area (Å²) in [6.07, 6.45) is 5.87. The highest BCUT2D eigenvalue weighted by atomic mass is 32.1. The zero-order valence-corrected chi connectivity index (χ0v) is 16.0. The first-order valence-corrected chi connectivity index (χ1v) is 9.47. The minimum Gasteiger partial charge on any atom is -0.376 e. The molecule has 0 saturated carbocycles. The van der Waals surface area contributed by atoms with Crippen molar-refractivity contribution in [2.24, 2.45) is 12.0 Å². The van der Waals surface area contributed by atoms with Crippen molar-refractivity contribution in [2.45, 2.75) is 39.3 Å². The number of amides is 1. The third-order valence-corrected chi connectivity index (χ3v) is 5.48. The van der Waals surface area contributed by atoms with Crippen LogP contribution in [-0.4, -0.2) is 27.8 Å². The smallest absolute Gasteiger partial charge is 0.290 e. The van der Waals surface area contributed by atoms with Gasteiger partial charge < -0.3 is 13.9 Å². The van der Waals surface area contributed by atoms with Crippen LogP contribution in [0.15, 0.2) is 28.2 Å². The number of aryl methyl sites for hydroxylation is 2. The van der Waals surface area contributed by atoms with Gasteiger partial charge in [-0.05, 0) is 44.4 Å². The highest BCUT2D eigenvalue weighted by Crippen LogP contribution is 2.22. The highest BCUT2D eigenvalue weighted by Gasteiger charge is 2.19. The molecule has 1 atom stereocenters. The molecule has 7 heteroatoms. The summed E-state index contributed by atoms with van der Waals surface area (Å²) in [5.74, 6) is -0.519. The van der Waals surface area contributed by atoms with Crippen molar-refractivity contribution >= 4 is 23.3 Å². The molecule has 0 N–H and O–H groups in total. The van der Waals surface area contributed by atoms with Crippen molar-refractivity contribution in [3.8, 4) is 6.07 Å². The average Bonchev–Trinajstić information content (AvgIpc) is 3.32. The summed E-state index contributed by atoms with van der Waals surface area (Å²) in [4.78, 5) is 17.0. The number of nitrogens with zero attached hydrogens (tertiary/aromatic N) is 4. The van der Waals surface area contributed by atoms with Gasteiger partial charge in [-0.2, -0.15) is 10.3 Å². The summed E-state index contributed by atoms with van der Waals surface area (Å²) in [7, 11) is 1.82. The molecule has 26 heavy (non-hydrogen) atoms. The number of thiazole rings is 1. The van der Waals surface area contributed by atoms with E-state index in [0.29, 0.717) is 4.80 Å². The van der Waals surface area contributed by atoms with Crippen LogP contribution in [0.5, 0.6) is 0 Å². The Bertz CT molecular complexity index is 949. The van der Waals surface area contributed by atoms with Crippen LogP contribution in [0.3, 0.4) is 0 Å². The van der Waals surface area contributed by atoms with Crippen LogP contribution < -0.4 is 4.80 Å². The fraction of sp³-hybridized carbons (Fsp3) is 0.421. The number of hydrogen-bond acceptors (Lipinski definition) is 4. The highest BCUT2D eigenvalue weighted by molar-refractivity contribution is 7.07. The zero-order chi connectivity index (χ0) is 18.7. The fourth-order valence-electron chi connectivity index (χ4n) is 3.13. The van der Waals surface area contributed by atoms with Crippen molar-refractivity contribution in [2.75, 3.05) is 6.61 Å². The molecule has 1 fully saturated rings. The van der Waals surface area contributed by atoms with Gasteiger partial charge in [-0.1, -0.05) is 0 Å². The van der Waals surface area contributed by atoms with Crippen molar-refractivity contribution in [3.63, 3.8) is 0 Å². The maximum atomic E-state index is 12.4. The number of carbonyl (C=O) groups is 1. The molecule has 1 aliphatic rings. The van der Waals surface area contributed by atoms with Gasteiger partial charge in [-0.25, -0.2) is 0 Å². The Morgan fingerprint density at radius 2 is 2.35 bits per heavy atom. The number of carbonyl (C=O) groups excluding carboxylic acids is 1. The van der Waals surface area contributed by atoms with E-state index in [4.69, 9.17) is 4.74 Å². The van der Waals surface area contributed by atoms with Gasteiger partial charge in [0.15, 0.2) is 4.80 Å². The lowest BCUT2D eigenvalue weighted by Crippen LogP contribution is -2.16. The van der Waals surface area contributed by atoms with Crippen molar-refractivity contribution in [3.05, 3.63) is 45.0 Å². The molecule has 3 heterocycles. The lowest BCUT2D eigenvalue weighted by atomic mass is 10.1. The topological polar surface area (TPSA) is 72.3 Å². The molecule has 2 aromatic rings. The molecule has 0 aromatic carbocycles. The maximum Gasteiger partial charge on any atom is 0.290 e. The zero-order valence-electron chi connectivity index (χ0n) is 15.2. The molecular formula is C19H22N4O2S. The summed E-state index contributed by atoms with van der Waals surface area (Å²) in [6.45, 7) is 5.66. The minimum atomic E-state index is -0.519. The lowest BCUT2D eigenvalue weighted by Gasteiger charge is -2.14. The Balaban J connectivity index is 1.89. The van der Waals surface area contributed by atoms with Crippen LogP contribution in [-0.2, 0) is 23.1 Å². The summed E-state index contributed by atoms with van der Waals surface area (Å²) >= 11 is 1.36. The van der Waals surface area contributed by atoms with E-state index in [1.165, 1.54) is 11.3 Å². The second-order valence-corrected chi connectivity index (χ2v) is 7.33. The molecule has 2 aromatic heterocycles. The van der Waals surface area contributed by atoms with Gasteiger partial charge in [0.1, 0.15) is 11.6 Å². The van der Waals surface area contributed by atoms with Crippen LogP contribution in [0, 0.1) is 25.2 Å². The van der Waals surface area contributed by atoms with E-state index in [-0.39, 0.29) is 11.7 Å². The molecule has 0 bridgehead atoms. The Kier molecular flexibility index (Phi) is 5.55. The van der Waals surface area contributed by atoms with Gasteiger partial charge in [0.2, 0.25) is 0 Å². The summed E-state index contributed by atoms with van der Waals surface area (Å²) in [6, 6.07) is 3.99. The third kappa shape index (κ3) is 3.87. The van der Waals surface area contributed by atoms with Gasteiger partial charge in [-0.3, -0.25) is 4.79 Å². The SMILES string of the molecule is Cc1cc(C=C(C#N)C(=O)N=c2sccn2C)c(C)n1CC1CCCO1. The summed E-state index contributed by atoms with van der Waals surface area (Å²) < 4.78 is 9.67. The molecule has 1 amide bonds. The first kappa shape index (κ1) is 18.4. The molecule has 1 saturated heterocycles. The van der Waals surface area contributed by atoms with Gasteiger partial charge in [0, 0.05) is 43.2 Å². The summed E-state index contributed by atoms with van der Waals surface area (Å²) in [5, 5.41) is 11.3. The molecule has 6 nitrogen and oxygen atoms in total. The predicted molar refractivity (Wildman–Crippen MR) is 100 cm³/mol. The number of nitriles is 1. The van der Waals surface area contributed by atoms with E-state index in [9.17, 15) is 10.1 Å². The molecule has 1 aliphatic heterocycles. The molecule has 136 valence electrons. The Morgan fingerprint density at radius 3 is 2.96 bits per heavy atom. The van der Waals surface area contributed by atoms with Crippen LogP contribution in [0.2, 0.25) is 0 Å².